The summed E-state index contributed by atoms with van der Waals surface area (Å²) in [5, 5.41) is 0.125. The number of amides is 1. The lowest BCUT2D eigenvalue weighted by atomic mass is 10.1. The van der Waals surface area contributed by atoms with Crippen LogP contribution in [0.2, 0.25) is 0 Å². The maximum absolute atomic E-state index is 12.8. The van der Waals surface area contributed by atoms with Crippen LogP contribution in [0.15, 0.2) is 14.6 Å². The molecule has 154 valence electrons. The Morgan fingerprint density at radius 2 is 1.86 bits per heavy atom. The molecule has 0 fully saturated rings. The maximum Gasteiger partial charge on any atom is 0.332 e. The predicted octanol–water partition coefficient (Wildman–Crippen LogP) is 1.99. The summed E-state index contributed by atoms with van der Waals surface area (Å²) < 4.78 is 2.59. The summed E-state index contributed by atoms with van der Waals surface area (Å²) in [6, 6.07) is 0. The van der Waals surface area contributed by atoms with E-state index in [9.17, 15) is 14.4 Å². The molecular weight excluding hydrogens is 378 g/mol. The highest BCUT2D eigenvalue weighted by Gasteiger charge is 2.21. The average Bonchev–Trinajstić information content (AvgIpc) is 2.66. The topological polar surface area (TPSA) is 113 Å². The van der Waals surface area contributed by atoms with Gasteiger partial charge in [0, 0.05) is 20.0 Å². The minimum absolute atomic E-state index is 0.269. The molecule has 1 atom stereocenters. The number of carbonyl (C=O) groups excluding carboxylic acids is 1. The van der Waals surface area contributed by atoms with Crippen molar-refractivity contribution in [2.75, 3.05) is 0 Å². The van der Waals surface area contributed by atoms with Gasteiger partial charge < -0.3 is 5.73 Å². The second kappa shape index (κ2) is 9.86. The van der Waals surface area contributed by atoms with Gasteiger partial charge in [0.1, 0.15) is 16.2 Å². The molecule has 0 saturated carbocycles. The van der Waals surface area contributed by atoms with E-state index in [2.05, 4.69) is 16.9 Å². The monoisotopic (exact) mass is 407 g/mol. The lowest BCUT2D eigenvalue weighted by Gasteiger charge is -2.15. The quantitative estimate of drug-likeness (QED) is 0.366. The molecule has 0 aromatic carbocycles. The summed E-state index contributed by atoms with van der Waals surface area (Å²) in [5.41, 5.74) is 4.90. The fourth-order valence-electron chi connectivity index (χ4n) is 2.94. The number of nitrogens with two attached hydrogens (primary N) is 1. The normalized spacial score (nSPS) is 12.4. The van der Waals surface area contributed by atoms with Gasteiger partial charge in [0.2, 0.25) is 5.91 Å². The Balaban J connectivity index is 2.69. The number of carbonyl (C=O) groups is 1. The molecule has 0 radical (unpaired) electrons. The van der Waals surface area contributed by atoms with Crippen LogP contribution in [-0.4, -0.2) is 30.3 Å². The summed E-state index contributed by atoms with van der Waals surface area (Å²) >= 11 is 1.14. The first-order chi connectivity index (χ1) is 13.3. The third-order valence-corrected chi connectivity index (χ3v) is 5.69. The number of aromatic nitrogens is 4. The molecule has 0 spiro atoms. The molecule has 28 heavy (non-hydrogen) atoms. The van der Waals surface area contributed by atoms with Crippen LogP contribution in [0.25, 0.3) is 11.0 Å². The van der Waals surface area contributed by atoms with Crippen molar-refractivity contribution in [3.8, 4) is 0 Å². The number of hydrogen-bond acceptors (Lipinski definition) is 6. The van der Waals surface area contributed by atoms with Crippen molar-refractivity contribution in [2.24, 2.45) is 12.8 Å². The van der Waals surface area contributed by atoms with Crippen molar-refractivity contribution >= 4 is 28.7 Å². The van der Waals surface area contributed by atoms with Crippen molar-refractivity contribution in [2.45, 2.75) is 76.1 Å². The third-order valence-electron chi connectivity index (χ3n) is 4.59. The van der Waals surface area contributed by atoms with Crippen LogP contribution < -0.4 is 17.0 Å². The molecular formula is C19H29N5O3S. The first-order valence-electron chi connectivity index (χ1n) is 9.78. The lowest BCUT2D eigenvalue weighted by molar-refractivity contribution is -0.117. The summed E-state index contributed by atoms with van der Waals surface area (Å²) in [6.45, 7) is 6.23. The molecule has 2 heterocycles. The van der Waals surface area contributed by atoms with Gasteiger partial charge in [0.25, 0.3) is 5.56 Å². The van der Waals surface area contributed by atoms with E-state index in [1.54, 1.807) is 6.92 Å². The molecule has 0 saturated heterocycles. The minimum Gasteiger partial charge on any atom is -0.369 e. The average molecular weight is 408 g/mol. The van der Waals surface area contributed by atoms with E-state index in [4.69, 9.17) is 5.73 Å². The van der Waals surface area contributed by atoms with Crippen LogP contribution >= 0.6 is 11.8 Å². The molecule has 2 aromatic rings. The SMILES string of the molecule is CCCCCCc1nc(S[C@H](C)C(N)=O)c2c(=O)n(C)c(=O)n(CCC)c2n1. The van der Waals surface area contributed by atoms with Crippen LogP contribution in [-0.2, 0) is 24.8 Å². The van der Waals surface area contributed by atoms with E-state index >= 15 is 0 Å². The molecule has 2 aromatic heterocycles. The van der Waals surface area contributed by atoms with Crippen molar-refractivity contribution < 1.29 is 4.79 Å². The highest BCUT2D eigenvalue weighted by atomic mass is 32.2. The van der Waals surface area contributed by atoms with E-state index in [1.165, 1.54) is 11.6 Å². The van der Waals surface area contributed by atoms with Gasteiger partial charge in [0.05, 0.1) is 5.25 Å². The third kappa shape index (κ3) is 4.81. The number of primary amides is 1. The Bertz CT molecular complexity index is 967. The van der Waals surface area contributed by atoms with Gasteiger partial charge in [-0.15, -0.1) is 0 Å². The van der Waals surface area contributed by atoms with Gasteiger partial charge in [-0.25, -0.2) is 14.8 Å². The second-order valence-electron chi connectivity index (χ2n) is 6.92. The van der Waals surface area contributed by atoms with E-state index in [-0.39, 0.29) is 5.39 Å². The van der Waals surface area contributed by atoms with Crippen LogP contribution in [0.1, 0.15) is 58.7 Å². The molecule has 9 heteroatoms. The van der Waals surface area contributed by atoms with Gasteiger partial charge >= 0.3 is 5.69 Å². The standard InChI is InChI=1S/C19H29N5O3S/c1-5-7-8-9-10-13-21-16-14(17(22-13)28-12(3)15(20)25)18(26)23(4)19(27)24(16)11-6-2/h12H,5-11H2,1-4H3,(H2,20,25)/t12-/m1/s1. The Morgan fingerprint density at radius 3 is 2.46 bits per heavy atom. The molecule has 8 nitrogen and oxygen atoms in total. The summed E-state index contributed by atoms with van der Waals surface area (Å²) in [4.78, 5) is 46.2. The highest BCUT2D eigenvalue weighted by Crippen LogP contribution is 2.26. The predicted molar refractivity (Wildman–Crippen MR) is 112 cm³/mol. The lowest BCUT2D eigenvalue weighted by Crippen LogP contribution is -2.39. The van der Waals surface area contributed by atoms with Gasteiger partial charge in [-0.05, 0) is 19.8 Å². The highest BCUT2D eigenvalue weighted by molar-refractivity contribution is 8.00. The largest absolute Gasteiger partial charge is 0.369 e. The van der Waals surface area contributed by atoms with Crippen LogP contribution in [0.5, 0.6) is 0 Å². The van der Waals surface area contributed by atoms with Crippen molar-refractivity contribution in [1.82, 2.24) is 19.1 Å². The molecule has 0 bridgehead atoms. The van der Waals surface area contributed by atoms with Crippen LogP contribution in [0, 0.1) is 0 Å². The van der Waals surface area contributed by atoms with Crippen molar-refractivity contribution in [3.63, 3.8) is 0 Å². The molecule has 0 aliphatic heterocycles. The number of aryl methyl sites for hydroxylation is 2. The van der Waals surface area contributed by atoms with Crippen molar-refractivity contribution in [1.29, 1.82) is 0 Å². The Hall–Kier alpha value is -2.16. The Labute approximate surface area is 168 Å². The second-order valence-corrected chi connectivity index (χ2v) is 8.24. The number of hydrogen-bond donors (Lipinski definition) is 1. The zero-order valence-corrected chi connectivity index (χ0v) is 17.8. The number of rotatable bonds is 10. The van der Waals surface area contributed by atoms with E-state index in [0.29, 0.717) is 29.5 Å². The van der Waals surface area contributed by atoms with E-state index < -0.39 is 22.4 Å². The molecule has 2 rings (SSSR count). The smallest absolute Gasteiger partial charge is 0.332 e. The molecule has 1 amide bonds. The fourth-order valence-corrected chi connectivity index (χ4v) is 3.84. The molecule has 2 N–H and O–H groups in total. The van der Waals surface area contributed by atoms with Gasteiger partial charge in [0.15, 0.2) is 5.65 Å². The minimum atomic E-state index is -0.553. The molecule has 0 aliphatic rings. The summed E-state index contributed by atoms with van der Waals surface area (Å²) in [7, 11) is 1.45. The number of thioether (sulfide) groups is 1. The number of fused-ring (bicyclic) bond motifs is 1. The maximum atomic E-state index is 12.8. The van der Waals surface area contributed by atoms with E-state index in [1.807, 2.05) is 6.92 Å². The summed E-state index contributed by atoms with van der Waals surface area (Å²) in [6.07, 6.45) is 5.64. The van der Waals surface area contributed by atoms with Crippen LogP contribution in [0.4, 0.5) is 0 Å². The summed E-state index contributed by atoms with van der Waals surface area (Å²) in [5.74, 6) is 0.0974. The van der Waals surface area contributed by atoms with Crippen molar-refractivity contribution in [3.05, 3.63) is 26.7 Å². The first-order valence-corrected chi connectivity index (χ1v) is 10.7. The van der Waals surface area contributed by atoms with Crippen LogP contribution in [0.3, 0.4) is 0 Å². The molecule has 0 unspecified atom stereocenters. The number of nitrogens with zero attached hydrogens (tertiary/aromatic N) is 4. The van der Waals surface area contributed by atoms with Gasteiger partial charge in [-0.2, -0.15) is 0 Å². The number of unbranched alkanes of at least 4 members (excludes halogenated alkanes) is 3. The fraction of sp³-hybridized carbons (Fsp3) is 0.632. The Kier molecular flexibility index (Phi) is 7.79. The molecule has 0 aliphatic carbocycles. The zero-order chi connectivity index (χ0) is 20.8. The first kappa shape index (κ1) is 22.1. The van der Waals surface area contributed by atoms with E-state index in [0.717, 1.165) is 48.4 Å². The zero-order valence-electron chi connectivity index (χ0n) is 17.0. The Morgan fingerprint density at radius 1 is 1.14 bits per heavy atom. The van der Waals surface area contributed by atoms with Gasteiger partial charge in [-0.3, -0.25) is 18.7 Å². The van der Waals surface area contributed by atoms with Gasteiger partial charge in [-0.1, -0.05) is 44.9 Å².